The van der Waals surface area contributed by atoms with Gasteiger partial charge in [0.05, 0.1) is 34.4 Å². The standard InChI is InChI=1S/C28H26F3N7/c29-28(30,31)20-6-7-24-23(14-20)35-26(37(24)15-18-4-2-1-3-5-18)19-16-36(17-19)27-21-8-11-32-12-9-22(21)34-25-10-13-33-38(25)27/h1-7,10,13-14,19,32H,8-9,11-12,15-17H2. The molecule has 0 aliphatic carbocycles. The lowest BCUT2D eigenvalue weighted by Gasteiger charge is -2.41. The Bertz CT molecular complexity index is 1630. The number of hydrogen-bond donors (Lipinski definition) is 1. The number of alkyl halides is 3. The molecule has 0 radical (unpaired) electrons. The Balaban J connectivity index is 1.27. The molecular formula is C28H26F3N7. The van der Waals surface area contributed by atoms with E-state index in [1.807, 2.05) is 40.9 Å². The van der Waals surface area contributed by atoms with E-state index in [4.69, 9.17) is 9.97 Å². The summed E-state index contributed by atoms with van der Waals surface area (Å²) < 4.78 is 44.4. The quantitative estimate of drug-likeness (QED) is 0.382. The number of benzene rings is 2. The van der Waals surface area contributed by atoms with Crippen LogP contribution in [0.15, 0.2) is 60.8 Å². The first-order chi connectivity index (χ1) is 18.5. The molecule has 3 aromatic heterocycles. The molecule has 0 amide bonds. The molecule has 1 fully saturated rings. The summed E-state index contributed by atoms with van der Waals surface area (Å²) in [5.41, 5.74) is 4.66. The topological polar surface area (TPSA) is 63.3 Å². The van der Waals surface area contributed by atoms with E-state index in [0.717, 1.165) is 60.5 Å². The van der Waals surface area contributed by atoms with Gasteiger partial charge in [-0.25, -0.2) is 9.97 Å². The first-order valence-corrected chi connectivity index (χ1v) is 12.9. The first kappa shape index (κ1) is 23.2. The summed E-state index contributed by atoms with van der Waals surface area (Å²) in [4.78, 5) is 11.9. The second-order valence-electron chi connectivity index (χ2n) is 10.1. The van der Waals surface area contributed by atoms with E-state index < -0.39 is 11.7 Å². The van der Waals surface area contributed by atoms with Crippen molar-refractivity contribution in [3.05, 3.63) is 89.0 Å². The molecule has 0 unspecified atom stereocenters. The highest BCUT2D eigenvalue weighted by molar-refractivity contribution is 5.77. The predicted octanol–water partition coefficient (Wildman–Crippen LogP) is 4.44. The molecule has 0 saturated carbocycles. The van der Waals surface area contributed by atoms with E-state index in [-0.39, 0.29) is 5.92 Å². The van der Waals surface area contributed by atoms with E-state index in [0.29, 0.717) is 30.7 Å². The molecule has 0 bridgehead atoms. The Hall–Kier alpha value is -3.92. The van der Waals surface area contributed by atoms with Crippen molar-refractivity contribution in [3.63, 3.8) is 0 Å². The summed E-state index contributed by atoms with van der Waals surface area (Å²) >= 11 is 0. The fourth-order valence-electron chi connectivity index (χ4n) is 5.72. The molecule has 1 saturated heterocycles. The van der Waals surface area contributed by atoms with Crippen molar-refractivity contribution in [1.29, 1.82) is 0 Å². The highest BCUT2D eigenvalue weighted by Crippen LogP contribution is 2.38. The highest BCUT2D eigenvalue weighted by Gasteiger charge is 2.37. The zero-order valence-corrected chi connectivity index (χ0v) is 20.6. The third-order valence-electron chi connectivity index (χ3n) is 7.62. The third-order valence-corrected chi connectivity index (χ3v) is 7.62. The SMILES string of the molecule is FC(F)(F)c1ccc2c(c1)nc(C1CN(c3c4c(nc5ccnn35)CCNCC4)C1)n2Cc1ccccc1. The van der Waals surface area contributed by atoms with Gasteiger partial charge in [0, 0.05) is 44.2 Å². The molecule has 0 spiro atoms. The number of aromatic nitrogens is 5. The Morgan fingerprint density at radius 3 is 2.58 bits per heavy atom. The van der Waals surface area contributed by atoms with Crippen LogP contribution in [0, 0.1) is 0 Å². The van der Waals surface area contributed by atoms with Crippen LogP contribution in [-0.4, -0.2) is 50.3 Å². The fraction of sp³-hybridized carbons (Fsp3) is 0.321. The molecule has 7 nitrogen and oxygen atoms in total. The van der Waals surface area contributed by atoms with Crippen LogP contribution in [0.4, 0.5) is 19.0 Å². The number of nitrogens with zero attached hydrogens (tertiary/aromatic N) is 6. The fourth-order valence-corrected chi connectivity index (χ4v) is 5.72. The number of hydrogen-bond acceptors (Lipinski definition) is 5. The summed E-state index contributed by atoms with van der Waals surface area (Å²) in [6.45, 7) is 3.76. The van der Waals surface area contributed by atoms with E-state index in [1.54, 1.807) is 12.3 Å². The van der Waals surface area contributed by atoms with Gasteiger partial charge in [-0.2, -0.15) is 22.8 Å². The molecular weight excluding hydrogens is 491 g/mol. The number of halogens is 3. The largest absolute Gasteiger partial charge is 0.416 e. The minimum atomic E-state index is -4.41. The minimum Gasteiger partial charge on any atom is -0.355 e. The summed E-state index contributed by atoms with van der Waals surface area (Å²) in [5.74, 6) is 1.97. The van der Waals surface area contributed by atoms with Crippen molar-refractivity contribution >= 4 is 22.5 Å². The summed E-state index contributed by atoms with van der Waals surface area (Å²) in [7, 11) is 0. The Labute approximate surface area is 216 Å². The Kier molecular flexibility index (Phi) is 5.40. The number of nitrogens with one attached hydrogen (secondary N) is 1. The molecule has 2 aromatic carbocycles. The first-order valence-electron chi connectivity index (χ1n) is 12.9. The third kappa shape index (κ3) is 3.91. The molecule has 0 atom stereocenters. The van der Waals surface area contributed by atoms with Crippen LogP contribution >= 0.6 is 0 Å². The Morgan fingerprint density at radius 2 is 1.76 bits per heavy atom. The predicted molar refractivity (Wildman–Crippen MR) is 138 cm³/mol. The van der Waals surface area contributed by atoms with E-state index in [1.165, 1.54) is 11.6 Å². The van der Waals surface area contributed by atoms with Crippen LogP contribution in [0.2, 0.25) is 0 Å². The highest BCUT2D eigenvalue weighted by atomic mass is 19.4. The summed E-state index contributed by atoms with van der Waals surface area (Å²) in [6.07, 6.45) is -0.886. The number of rotatable bonds is 4. The monoisotopic (exact) mass is 517 g/mol. The molecule has 38 heavy (non-hydrogen) atoms. The van der Waals surface area contributed by atoms with Crippen LogP contribution < -0.4 is 10.2 Å². The zero-order chi connectivity index (χ0) is 25.9. The van der Waals surface area contributed by atoms with E-state index in [2.05, 4.69) is 19.9 Å². The minimum absolute atomic E-state index is 0.0822. The number of imidazole rings is 1. The van der Waals surface area contributed by atoms with Gasteiger partial charge >= 0.3 is 6.18 Å². The van der Waals surface area contributed by atoms with Crippen LogP contribution in [0.5, 0.6) is 0 Å². The average Bonchev–Trinajstić information content (AvgIpc) is 3.40. The number of fused-ring (bicyclic) bond motifs is 3. The van der Waals surface area contributed by atoms with Crippen LogP contribution in [0.1, 0.15) is 34.1 Å². The van der Waals surface area contributed by atoms with Gasteiger partial charge in [0.25, 0.3) is 0 Å². The summed E-state index contributed by atoms with van der Waals surface area (Å²) in [5, 5.41) is 8.02. The van der Waals surface area contributed by atoms with Crippen molar-refractivity contribution in [2.75, 3.05) is 31.1 Å². The maximum absolute atomic E-state index is 13.5. The van der Waals surface area contributed by atoms with Crippen LogP contribution in [-0.2, 0) is 25.6 Å². The van der Waals surface area contributed by atoms with Gasteiger partial charge < -0.3 is 14.8 Å². The van der Waals surface area contributed by atoms with E-state index in [9.17, 15) is 13.2 Å². The lowest BCUT2D eigenvalue weighted by molar-refractivity contribution is -0.137. The lowest BCUT2D eigenvalue weighted by Crippen LogP contribution is -2.47. The van der Waals surface area contributed by atoms with Crippen molar-refractivity contribution in [2.24, 2.45) is 0 Å². The normalized spacial score (nSPS) is 16.6. The van der Waals surface area contributed by atoms with Crippen molar-refractivity contribution in [1.82, 2.24) is 29.5 Å². The second kappa shape index (κ2) is 8.83. The van der Waals surface area contributed by atoms with Crippen molar-refractivity contribution < 1.29 is 13.2 Å². The molecule has 194 valence electrons. The van der Waals surface area contributed by atoms with Crippen LogP contribution in [0.25, 0.3) is 16.7 Å². The molecule has 1 N–H and O–H groups in total. The van der Waals surface area contributed by atoms with Gasteiger partial charge in [-0.05, 0) is 36.7 Å². The van der Waals surface area contributed by atoms with Crippen molar-refractivity contribution in [3.8, 4) is 0 Å². The Morgan fingerprint density at radius 1 is 0.947 bits per heavy atom. The van der Waals surface area contributed by atoms with Crippen molar-refractivity contribution in [2.45, 2.75) is 31.5 Å². The van der Waals surface area contributed by atoms with Gasteiger partial charge in [-0.3, -0.25) is 0 Å². The average molecular weight is 518 g/mol. The lowest BCUT2D eigenvalue weighted by atomic mass is 9.97. The number of anilines is 1. The van der Waals surface area contributed by atoms with E-state index >= 15 is 0 Å². The van der Waals surface area contributed by atoms with Gasteiger partial charge in [0.2, 0.25) is 0 Å². The maximum Gasteiger partial charge on any atom is 0.416 e. The van der Waals surface area contributed by atoms with Gasteiger partial charge in [0.15, 0.2) is 5.65 Å². The molecule has 7 rings (SSSR count). The molecule has 2 aliphatic rings. The smallest absolute Gasteiger partial charge is 0.355 e. The zero-order valence-electron chi connectivity index (χ0n) is 20.6. The second-order valence-corrected chi connectivity index (χ2v) is 10.1. The van der Waals surface area contributed by atoms with Gasteiger partial charge in [0.1, 0.15) is 11.6 Å². The van der Waals surface area contributed by atoms with Crippen LogP contribution in [0.3, 0.4) is 0 Å². The molecule has 5 aromatic rings. The summed E-state index contributed by atoms with van der Waals surface area (Å²) in [6, 6.07) is 15.8. The maximum atomic E-state index is 13.5. The molecule has 5 heterocycles. The van der Waals surface area contributed by atoms with Gasteiger partial charge in [-0.1, -0.05) is 30.3 Å². The van der Waals surface area contributed by atoms with Gasteiger partial charge in [-0.15, -0.1) is 0 Å². The molecule has 10 heteroatoms. The molecule has 2 aliphatic heterocycles.